The Balaban J connectivity index is 1.98. The lowest BCUT2D eigenvalue weighted by Crippen LogP contribution is -2.39. The molecular weight excluding hydrogens is 222 g/mol. The molecular formula is C15H25N3. The van der Waals surface area contributed by atoms with Crippen LogP contribution in [-0.4, -0.2) is 29.5 Å². The average molecular weight is 247 g/mol. The van der Waals surface area contributed by atoms with Crippen LogP contribution in [0.2, 0.25) is 0 Å². The first-order valence-corrected chi connectivity index (χ1v) is 7.00. The maximum absolute atomic E-state index is 4.32. The first-order chi connectivity index (χ1) is 8.59. The Morgan fingerprint density at radius 1 is 1.44 bits per heavy atom. The first kappa shape index (κ1) is 13.3. The summed E-state index contributed by atoms with van der Waals surface area (Å²) >= 11 is 0. The number of aromatic nitrogens is 1. The van der Waals surface area contributed by atoms with Crippen LogP contribution in [0.5, 0.6) is 0 Å². The van der Waals surface area contributed by atoms with Gasteiger partial charge < -0.3 is 5.32 Å². The molecule has 3 heteroatoms. The van der Waals surface area contributed by atoms with Crippen LogP contribution in [0.4, 0.5) is 5.82 Å². The predicted octanol–water partition coefficient (Wildman–Crippen LogP) is 3.14. The molecule has 0 bridgehead atoms. The highest BCUT2D eigenvalue weighted by Gasteiger charge is 2.26. The van der Waals surface area contributed by atoms with Crippen molar-refractivity contribution in [3.05, 3.63) is 23.9 Å². The summed E-state index contributed by atoms with van der Waals surface area (Å²) in [5.41, 5.74) is 1.83. The maximum atomic E-state index is 4.32. The van der Waals surface area contributed by atoms with Gasteiger partial charge in [0.2, 0.25) is 0 Å². The first-order valence-electron chi connectivity index (χ1n) is 7.00. The van der Waals surface area contributed by atoms with Gasteiger partial charge in [-0.1, -0.05) is 13.8 Å². The van der Waals surface area contributed by atoms with Crippen LogP contribution in [0, 0.1) is 5.41 Å². The van der Waals surface area contributed by atoms with Crippen LogP contribution < -0.4 is 5.32 Å². The van der Waals surface area contributed by atoms with Crippen molar-refractivity contribution in [2.45, 2.75) is 40.2 Å². The highest BCUT2D eigenvalue weighted by Crippen LogP contribution is 2.29. The smallest absolute Gasteiger partial charge is 0.126 e. The molecule has 1 N–H and O–H groups in total. The van der Waals surface area contributed by atoms with Crippen molar-refractivity contribution in [2.75, 3.05) is 25.0 Å². The molecule has 0 unspecified atom stereocenters. The van der Waals surface area contributed by atoms with Crippen molar-refractivity contribution in [3.8, 4) is 0 Å². The molecule has 1 saturated heterocycles. The summed E-state index contributed by atoms with van der Waals surface area (Å²) < 4.78 is 0. The highest BCUT2D eigenvalue weighted by atomic mass is 15.1. The van der Waals surface area contributed by atoms with Gasteiger partial charge in [-0.25, -0.2) is 4.98 Å². The number of nitrogens with one attached hydrogen (secondary N) is 1. The number of piperidine rings is 1. The minimum absolute atomic E-state index is 0.468. The van der Waals surface area contributed by atoms with Gasteiger partial charge in [-0.05, 0) is 49.4 Å². The van der Waals surface area contributed by atoms with E-state index in [1.165, 1.54) is 31.5 Å². The number of rotatable bonds is 4. The quantitative estimate of drug-likeness (QED) is 0.886. The molecule has 0 atom stereocenters. The number of likely N-dealkylation sites (tertiary alicyclic amines) is 1. The van der Waals surface area contributed by atoms with Crippen LogP contribution in [-0.2, 0) is 6.54 Å². The van der Waals surface area contributed by atoms with Crippen molar-refractivity contribution < 1.29 is 0 Å². The Morgan fingerprint density at radius 2 is 2.28 bits per heavy atom. The maximum Gasteiger partial charge on any atom is 0.126 e. The number of hydrogen-bond donors (Lipinski definition) is 1. The molecule has 0 amide bonds. The van der Waals surface area contributed by atoms with Gasteiger partial charge in [0.05, 0.1) is 0 Å². The monoisotopic (exact) mass is 247 g/mol. The minimum Gasteiger partial charge on any atom is -0.370 e. The third-order valence-corrected chi connectivity index (χ3v) is 3.57. The van der Waals surface area contributed by atoms with E-state index < -0.39 is 0 Å². The molecule has 0 aromatic carbocycles. The second-order valence-electron chi connectivity index (χ2n) is 6.06. The van der Waals surface area contributed by atoms with E-state index in [0.29, 0.717) is 5.41 Å². The summed E-state index contributed by atoms with van der Waals surface area (Å²) in [5, 5.41) is 3.27. The lowest BCUT2D eigenvalue weighted by Gasteiger charge is -2.38. The summed E-state index contributed by atoms with van der Waals surface area (Å²) in [6, 6.07) is 4.30. The topological polar surface area (TPSA) is 28.2 Å². The third kappa shape index (κ3) is 3.70. The Bertz CT molecular complexity index is 387. The van der Waals surface area contributed by atoms with Crippen molar-refractivity contribution in [1.29, 1.82) is 0 Å². The normalized spacial score (nSPS) is 19.7. The number of hydrogen-bond acceptors (Lipinski definition) is 3. The van der Waals surface area contributed by atoms with E-state index in [4.69, 9.17) is 0 Å². The van der Waals surface area contributed by atoms with Gasteiger partial charge in [0.25, 0.3) is 0 Å². The zero-order valence-corrected chi connectivity index (χ0v) is 11.9. The summed E-state index contributed by atoms with van der Waals surface area (Å²) in [6.45, 7) is 11.2. The minimum atomic E-state index is 0.468. The molecule has 3 nitrogen and oxygen atoms in total. The van der Waals surface area contributed by atoms with Crippen LogP contribution in [0.25, 0.3) is 0 Å². The van der Waals surface area contributed by atoms with Crippen LogP contribution in [0.3, 0.4) is 0 Å². The lowest BCUT2D eigenvalue weighted by molar-refractivity contribution is 0.111. The third-order valence-electron chi connectivity index (χ3n) is 3.57. The standard InChI is InChI=1S/C15H25N3/c1-4-16-14-10-13(6-8-17-14)11-18-9-5-7-15(2,3)12-18/h6,8,10H,4-5,7,9,11-12H2,1-3H3,(H,16,17). The molecule has 1 aromatic rings. The number of pyridine rings is 1. The van der Waals surface area contributed by atoms with Crippen molar-refractivity contribution in [1.82, 2.24) is 9.88 Å². The molecule has 0 aliphatic carbocycles. The van der Waals surface area contributed by atoms with E-state index in [0.717, 1.165) is 18.9 Å². The van der Waals surface area contributed by atoms with Gasteiger partial charge in [0.1, 0.15) is 5.82 Å². The fraction of sp³-hybridized carbons (Fsp3) is 0.667. The molecule has 0 radical (unpaired) electrons. The second kappa shape index (κ2) is 5.70. The zero-order valence-electron chi connectivity index (χ0n) is 11.9. The van der Waals surface area contributed by atoms with Crippen LogP contribution in [0.1, 0.15) is 39.2 Å². The lowest BCUT2D eigenvalue weighted by atomic mass is 9.84. The largest absolute Gasteiger partial charge is 0.370 e. The number of nitrogens with zero attached hydrogens (tertiary/aromatic N) is 2. The Labute approximate surface area is 111 Å². The Morgan fingerprint density at radius 3 is 3.00 bits per heavy atom. The molecule has 100 valence electrons. The van der Waals surface area contributed by atoms with Gasteiger partial charge in [-0.15, -0.1) is 0 Å². The zero-order chi connectivity index (χ0) is 13.0. The summed E-state index contributed by atoms with van der Waals surface area (Å²) in [7, 11) is 0. The molecule has 1 aromatic heterocycles. The van der Waals surface area contributed by atoms with Crippen LogP contribution in [0.15, 0.2) is 18.3 Å². The molecule has 0 spiro atoms. The van der Waals surface area contributed by atoms with E-state index in [1.807, 2.05) is 6.20 Å². The molecule has 1 aliphatic rings. The van der Waals surface area contributed by atoms with Crippen molar-refractivity contribution in [3.63, 3.8) is 0 Å². The van der Waals surface area contributed by atoms with Gasteiger partial charge in [-0.3, -0.25) is 4.90 Å². The van der Waals surface area contributed by atoms with Crippen LogP contribution >= 0.6 is 0 Å². The van der Waals surface area contributed by atoms with Crippen molar-refractivity contribution in [2.24, 2.45) is 5.41 Å². The summed E-state index contributed by atoms with van der Waals surface area (Å²) in [5.74, 6) is 0.992. The molecule has 1 aliphatic heterocycles. The summed E-state index contributed by atoms with van der Waals surface area (Å²) in [6.07, 6.45) is 4.57. The Hall–Kier alpha value is -1.09. The van der Waals surface area contributed by atoms with E-state index >= 15 is 0 Å². The SMILES string of the molecule is CCNc1cc(CN2CCCC(C)(C)C2)ccn1. The Kier molecular flexibility index (Phi) is 4.23. The van der Waals surface area contributed by atoms with Gasteiger partial charge in [0, 0.05) is 25.8 Å². The number of anilines is 1. The van der Waals surface area contributed by atoms with E-state index in [1.54, 1.807) is 0 Å². The highest BCUT2D eigenvalue weighted by molar-refractivity contribution is 5.37. The van der Waals surface area contributed by atoms with Gasteiger partial charge in [0.15, 0.2) is 0 Å². The van der Waals surface area contributed by atoms with Gasteiger partial charge >= 0.3 is 0 Å². The summed E-state index contributed by atoms with van der Waals surface area (Å²) in [4.78, 5) is 6.89. The predicted molar refractivity (Wildman–Crippen MR) is 76.7 cm³/mol. The average Bonchev–Trinajstić information content (AvgIpc) is 2.28. The fourth-order valence-electron chi connectivity index (χ4n) is 2.79. The molecule has 18 heavy (non-hydrogen) atoms. The molecule has 0 saturated carbocycles. The van der Waals surface area contributed by atoms with E-state index in [-0.39, 0.29) is 0 Å². The van der Waals surface area contributed by atoms with Gasteiger partial charge in [-0.2, -0.15) is 0 Å². The molecule has 2 heterocycles. The molecule has 2 rings (SSSR count). The fourth-order valence-corrected chi connectivity index (χ4v) is 2.79. The van der Waals surface area contributed by atoms with E-state index in [9.17, 15) is 0 Å². The van der Waals surface area contributed by atoms with E-state index in [2.05, 4.69) is 48.1 Å². The second-order valence-corrected chi connectivity index (χ2v) is 6.06. The van der Waals surface area contributed by atoms with Crippen molar-refractivity contribution >= 4 is 5.82 Å². The molecule has 1 fully saturated rings.